The summed E-state index contributed by atoms with van der Waals surface area (Å²) in [6.07, 6.45) is 0. The molecule has 1 N–H and O–H groups in total. The molecule has 0 bridgehead atoms. The fourth-order valence-electron chi connectivity index (χ4n) is 2.12. The molecule has 1 heterocycles. The van der Waals surface area contributed by atoms with E-state index in [1.54, 1.807) is 24.3 Å². The summed E-state index contributed by atoms with van der Waals surface area (Å²) in [5.41, 5.74) is 1.66. The van der Waals surface area contributed by atoms with E-state index in [1.807, 2.05) is 6.92 Å². The van der Waals surface area contributed by atoms with Crippen LogP contribution in [0, 0.1) is 27.3 Å². The van der Waals surface area contributed by atoms with Crippen molar-refractivity contribution < 1.29 is 9.47 Å². The van der Waals surface area contributed by atoms with Crippen molar-refractivity contribution in [3.63, 3.8) is 0 Å². The second-order valence-corrected chi connectivity index (χ2v) is 4.70. The van der Waals surface area contributed by atoms with Gasteiger partial charge in [-0.3, -0.25) is 0 Å². The van der Waals surface area contributed by atoms with E-state index in [4.69, 9.17) is 21.7 Å². The monoisotopic (exact) mass is 311 g/mol. The Morgan fingerprint density at radius 2 is 1.77 bits per heavy atom. The Hall–Kier alpha value is -2.83. The number of H-pyrrole nitrogens is 1. The largest absolute Gasteiger partial charge is 0.494 e. The summed E-state index contributed by atoms with van der Waals surface area (Å²) in [5, 5.41) is 18.8. The molecule has 0 atom stereocenters. The fraction of sp³-hybridized carbons (Fsp3) is 0.188. The zero-order valence-corrected chi connectivity index (χ0v) is 13.0. The van der Waals surface area contributed by atoms with Gasteiger partial charge in [0, 0.05) is 5.56 Å². The Kier molecular flexibility index (Phi) is 4.77. The van der Waals surface area contributed by atoms with Gasteiger partial charge in [-0.25, -0.2) is 0 Å². The molecule has 5 nitrogen and oxygen atoms in total. The number of rotatable bonds is 4. The average molecular weight is 311 g/mol. The molecule has 0 aliphatic rings. The van der Waals surface area contributed by atoms with Crippen molar-refractivity contribution in [1.29, 1.82) is 10.5 Å². The lowest BCUT2D eigenvalue weighted by Gasteiger charge is -2.11. The molecular weight excluding hydrogens is 298 g/mol. The Balaban J connectivity index is 2.73. The molecule has 0 fully saturated rings. The number of nitriles is 2. The minimum absolute atomic E-state index is 0.238. The van der Waals surface area contributed by atoms with Gasteiger partial charge in [0.25, 0.3) is 0 Å². The zero-order valence-electron chi connectivity index (χ0n) is 12.1. The fourth-order valence-corrected chi connectivity index (χ4v) is 2.36. The summed E-state index contributed by atoms with van der Waals surface area (Å²) in [6.45, 7) is 2.47. The highest BCUT2D eigenvalue weighted by Crippen LogP contribution is 2.33. The van der Waals surface area contributed by atoms with Crippen LogP contribution in [0.15, 0.2) is 24.3 Å². The summed E-state index contributed by atoms with van der Waals surface area (Å²) in [7, 11) is 1.44. The second kappa shape index (κ2) is 6.75. The molecule has 110 valence electrons. The molecule has 0 amide bonds. The number of aromatic nitrogens is 1. The van der Waals surface area contributed by atoms with Crippen LogP contribution in [-0.2, 0) is 0 Å². The maximum Gasteiger partial charge on any atom is 0.210 e. The molecule has 2 aromatic rings. The zero-order chi connectivity index (χ0) is 16.1. The standard InChI is InChI=1S/C16H13N3O2S/c1-3-21-11-6-4-10(5-7-11)14-12(8-17)15(20-2)19-16(22)13(14)9-18/h4-7H,3H2,1-2H3,(H,19,22). The molecule has 0 radical (unpaired) electrons. The molecule has 0 saturated carbocycles. The Labute approximate surface area is 133 Å². The van der Waals surface area contributed by atoms with Crippen molar-refractivity contribution in [1.82, 2.24) is 4.98 Å². The molecule has 1 aromatic heterocycles. The highest BCUT2D eigenvalue weighted by atomic mass is 32.1. The first-order valence-electron chi connectivity index (χ1n) is 6.53. The van der Waals surface area contributed by atoms with Gasteiger partial charge in [-0.1, -0.05) is 24.4 Å². The van der Waals surface area contributed by atoms with Crippen LogP contribution < -0.4 is 9.47 Å². The van der Waals surface area contributed by atoms with Crippen molar-refractivity contribution in [3.8, 4) is 34.9 Å². The van der Waals surface area contributed by atoms with Crippen molar-refractivity contribution in [3.05, 3.63) is 40.0 Å². The van der Waals surface area contributed by atoms with Crippen LogP contribution in [0.3, 0.4) is 0 Å². The van der Waals surface area contributed by atoms with E-state index in [-0.39, 0.29) is 21.6 Å². The Morgan fingerprint density at radius 3 is 2.27 bits per heavy atom. The summed E-state index contributed by atoms with van der Waals surface area (Å²) in [4.78, 5) is 2.76. The molecular formula is C16H13N3O2S. The number of hydrogen-bond donors (Lipinski definition) is 1. The van der Waals surface area contributed by atoms with E-state index in [0.717, 1.165) is 5.75 Å². The minimum atomic E-state index is 0.238. The maximum atomic E-state index is 9.42. The number of nitrogens with one attached hydrogen (secondary N) is 1. The van der Waals surface area contributed by atoms with E-state index in [9.17, 15) is 10.5 Å². The normalized spacial score (nSPS) is 9.64. The molecule has 22 heavy (non-hydrogen) atoms. The molecule has 0 aliphatic carbocycles. The first-order valence-corrected chi connectivity index (χ1v) is 6.94. The highest BCUT2D eigenvalue weighted by molar-refractivity contribution is 7.71. The number of nitrogens with zero attached hydrogens (tertiary/aromatic N) is 2. The van der Waals surface area contributed by atoms with E-state index in [1.165, 1.54) is 7.11 Å². The third kappa shape index (κ3) is 2.78. The average Bonchev–Trinajstić information content (AvgIpc) is 2.54. The van der Waals surface area contributed by atoms with Gasteiger partial charge in [-0.15, -0.1) is 0 Å². The quantitative estimate of drug-likeness (QED) is 0.873. The minimum Gasteiger partial charge on any atom is -0.494 e. The maximum absolute atomic E-state index is 9.42. The van der Waals surface area contributed by atoms with Crippen LogP contribution in [0.2, 0.25) is 0 Å². The van der Waals surface area contributed by atoms with Crippen molar-refractivity contribution in [2.24, 2.45) is 0 Å². The number of pyridine rings is 1. The van der Waals surface area contributed by atoms with Gasteiger partial charge in [0.15, 0.2) is 0 Å². The predicted molar refractivity (Wildman–Crippen MR) is 84.2 cm³/mol. The number of hydrogen-bond acceptors (Lipinski definition) is 5. The van der Waals surface area contributed by atoms with Crippen molar-refractivity contribution in [2.45, 2.75) is 6.92 Å². The number of aromatic amines is 1. The van der Waals surface area contributed by atoms with Gasteiger partial charge < -0.3 is 14.5 Å². The van der Waals surface area contributed by atoms with Crippen LogP contribution in [0.5, 0.6) is 11.6 Å². The highest BCUT2D eigenvalue weighted by Gasteiger charge is 2.18. The van der Waals surface area contributed by atoms with Crippen LogP contribution in [0.4, 0.5) is 0 Å². The molecule has 6 heteroatoms. The third-order valence-corrected chi connectivity index (χ3v) is 3.37. The van der Waals surface area contributed by atoms with Gasteiger partial charge in [0.05, 0.1) is 19.3 Å². The molecule has 2 rings (SSSR count). The SMILES string of the molecule is CCOc1ccc(-c2c(C#N)c(OC)[nH]c(=S)c2C#N)cc1. The van der Waals surface area contributed by atoms with Crippen molar-refractivity contribution in [2.75, 3.05) is 13.7 Å². The predicted octanol–water partition coefficient (Wildman–Crippen LogP) is 3.56. The summed E-state index contributed by atoms with van der Waals surface area (Å²) < 4.78 is 10.8. The van der Waals surface area contributed by atoms with Gasteiger partial charge in [0.1, 0.15) is 28.1 Å². The van der Waals surface area contributed by atoms with Gasteiger partial charge >= 0.3 is 0 Å². The Morgan fingerprint density at radius 1 is 1.14 bits per heavy atom. The second-order valence-electron chi connectivity index (χ2n) is 4.29. The molecule has 0 saturated heterocycles. The summed E-state index contributed by atoms with van der Waals surface area (Å²) in [6, 6.07) is 11.3. The van der Waals surface area contributed by atoms with Gasteiger partial charge in [0.2, 0.25) is 5.88 Å². The molecule has 0 aliphatic heterocycles. The topological polar surface area (TPSA) is 81.8 Å². The van der Waals surface area contributed by atoms with E-state index in [0.29, 0.717) is 17.7 Å². The van der Waals surface area contributed by atoms with Gasteiger partial charge in [-0.05, 0) is 24.6 Å². The van der Waals surface area contributed by atoms with Gasteiger partial charge in [-0.2, -0.15) is 10.5 Å². The lowest BCUT2D eigenvalue weighted by Crippen LogP contribution is -2.00. The first-order chi connectivity index (χ1) is 10.7. The lowest BCUT2D eigenvalue weighted by molar-refractivity contribution is 0.340. The third-order valence-electron chi connectivity index (χ3n) is 3.06. The lowest BCUT2D eigenvalue weighted by atomic mass is 9.97. The molecule has 0 spiro atoms. The number of benzene rings is 1. The van der Waals surface area contributed by atoms with E-state index in [2.05, 4.69) is 17.1 Å². The smallest absolute Gasteiger partial charge is 0.210 e. The molecule has 1 aromatic carbocycles. The molecule has 0 unspecified atom stereocenters. The van der Waals surface area contributed by atoms with Crippen LogP contribution in [0.25, 0.3) is 11.1 Å². The Bertz CT molecular complexity index is 827. The van der Waals surface area contributed by atoms with Crippen LogP contribution >= 0.6 is 12.2 Å². The number of methoxy groups -OCH3 is 1. The number of ether oxygens (including phenoxy) is 2. The van der Waals surface area contributed by atoms with E-state index < -0.39 is 0 Å². The first kappa shape index (κ1) is 15.6. The van der Waals surface area contributed by atoms with Crippen LogP contribution in [-0.4, -0.2) is 18.7 Å². The van der Waals surface area contributed by atoms with Crippen molar-refractivity contribution >= 4 is 12.2 Å². The summed E-state index contributed by atoms with van der Waals surface area (Å²) in [5.74, 6) is 0.965. The van der Waals surface area contributed by atoms with E-state index >= 15 is 0 Å². The van der Waals surface area contributed by atoms with Crippen LogP contribution in [0.1, 0.15) is 18.1 Å². The summed E-state index contributed by atoms with van der Waals surface area (Å²) >= 11 is 5.18.